The van der Waals surface area contributed by atoms with Gasteiger partial charge in [0.05, 0.1) is 18.8 Å². The van der Waals surface area contributed by atoms with E-state index in [1.54, 1.807) is 23.9 Å². The maximum Gasteiger partial charge on any atom is 0.335 e. The quantitative estimate of drug-likeness (QED) is 0.608. The van der Waals surface area contributed by atoms with Crippen molar-refractivity contribution in [1.82, 2.24) is 0 Å². The molecule has 110 valence electrons. The Balaban J connectivity index is 1.74. The van der Waals surface area contributed by atoms with Gasteiger partial charge in [0.2, 0.25) is 0 Å². The first kappa shape index (κ1) is 15.4. The Labute approximate surface area is 127 Å². The van der Waals surface area contributed by atoms with Crippen molar-refractivity contribution in [2.75, 3.05) is 12.4 Å². The molecule has 0 spiro atoms. The Kier molecular flexibility index (Phi) is 5.66. The van der Waals surface area contributed by atoms with E-state index in [2.05, 4.69) is 0 Å². The minimum Gasteiger partial charge on any atom is -0.493 e. The number of rotatable bonds is 7. The number of aromatic carboxylic acids is 1. The average Bonchev–Trinajstić information content (AvgIpc) is 2.52. The lowest BCUT2D eigenvalue weighted by atomic mass is 10.2. The van der Waals surface area contributed by atoms with Gasteiger partial charge in [-0.3, -0.25) is 0 Å². The van der Waals surface area contributed by atoms with Crippen molar-refractivity contribution < 1.29 is 19.7 Å². The predicted octanol–water partition coefficient (Wildman–Crippen LogP) is 3.05. The lowest BCUT2D eigenvalue weighted by molar-refractivity contribution is 0.0697. The van der Waals surface area contributed by atoms with Gasteiger partial charge in [-0.1, -0.05) is 12.1 Å². The minimum absolute atomic E-state index is 0.0559. The first-order chi connectivity index (χ1) is 10.2. The van der Waals surface area contributed by atoms with Crippen LogP contribution in [0, 0.1) is 0 Å². The number of thioether (sulfide) groups is 1. The zero-order chi connectivity index (χ0) is 15.1. The van der Waals surface area contributed by atoms with Gasteiger partial charge in [0.15, 0.2) is 0 Å². The SMILES string of the molecule is O=C(O)c1ccc(OCCSc2ccc(CO)cc2)cc1. The third-order valence-corrected chi connectivity index (χ3v) is 3.80. The molecule has 2 rings (SSSR count). The summed E-state index contributed by atoms with van der Waals surface area (Å²) in [6.07, 6.45) is 0. The fourth-order valence-electron chi connectivity index (χ4n) is 1.70. The van der Waals surface area contributed by atoms with E-state index >= 15 is 0 Å². The number of benzene rings is 2. The summed E-state index contributed by atoms with van der Waals surface area (Å²) in [5, 5.41) is 17.8. The largest absolute Gasteiger partial charge is 0.493 e. The molecular weight excluding hydrogens is 288 g/mol. The smallest absolute Gasteiger partial charge is 0.335 e. The molecule has 21 heavy (non-hydrogen) atoms. The molecule has 0 bridgehead atoms. The van der Waals surface area contributed by atoms with Crippen LogP contribution in [-0.4, -0.2) is 28.5 Å². The van der Waals surface area contributed by atoms with Crippen LogP contribution in [0.2, 0.25) is 0 Å². The van der Waals surface area contributed by atoms with Crippen LogP contribution >= 0.6 is 11.8 Å². The zero-order valence-electron chi connectivity index (χ0n) is 11.4. The third kappa shape index (κ3) is 4.81. The normalized spacial score (nSPS) is 10.3. The van der Waals surface area contributed by atoms with Crippen LogP contribution in [0.25, 0.3) is 0 Å². The second-order valence-electron chi connectivity index (χ2n) is 4.33. The fraction of sp³-hybridized carbons (Fsp3) is 0.188. The molecular formula is C16H16O4S. The van der Waals surface area contributed by atoms with Crippen LogP contribution in [0.4, 0.5) is 0 Å². The van der Waals surface area contributed by atoms with Crippen LogP contribution in [0.15, 0.2) is 53.4 Å². The molecule has 0 saturated carbocycles. The number of carboxylic acids is 1. The van der Waals surface area contributed by atoms with Crippen LogP contribution < -0.4 is 4.74 Å². The summed E-state index contributed by atoms with van der Waals surface area (Å²) >= 11 is 1.67. The van der Waals surface area contributed by atoms with Gasteiger partial charge in [-0.05, 0) is 42.0 Å². The molecule has 0 aliphatic rings. The second-order valence-corrected chi connectivity index (χ2v) is 5.50. The van der Waals surface area contributed by atoms with Crippen molar-refractivity contribution in [2.24, 2.45) is 0 Å². The first-order valence-corrected chi connectivity index (χ1v) is 7.46. The molecule has 2 aromatic carbocycles. The van der Waals surface area contributed by atoms with E-state index in [-0.39, 0.29) is 12.2 Å². The molecule has 0 radical (unpaired) electrons. The molecule has 0 heterocycles. The summed E-state index contributed by atoms with van der Waals surface area (Å²) in [5.41, 5.74) is 1.15. The predicted molar refractivity (Wildman–Crippen MR) is 82.0 cm³/mol. The Hall–Kier alpha value is -1.98. The molecule has 0 atom stereocenters. The van der Waals surface area contributed by atoms with Crippen LogP contribution in [0.5, 0.6) is 5.75 Å². The van der Waals surface area contributed by atoms with Gasteiger partial charge in [-0.25, -0.2) is 4.79 Å². The Morgan fingerprint density at radius 3 is 2.29 bits per heavy atom. The number of aliphatic hydroxyl groups excluding tert-OH is 1. The van der Waals surface area contributed by atoms with Crippen molar-refractivity contribution in [3.05, 3.63) is 59.7 Å². The number of carboxylic acid groups (broad SMARTS) is 1. The van der Waals surface area contributed by atoms with E-state index in [1.807, 2.05) is 24.3 Å². The van der Waals surface area contributed by atoms with Crippen molar-refractivity contribution in [3.8, 4) is 5.75 Å². The number of hydrogen-bond acceptors (Lipinski definition) is 4. The monoisotopic (exact) mass is 304 g/mol. The first-order valence-electron chi connectivity index (χ1n) is 6.48. The van der Waals surface area contributed by atoms with E-state index in [0.717, 1.165) is 16.2 Å². The molecule has 0 aliphatic carbocycles. The topological polar surface area (TPSA) is 66.8 Å². The van der Waals surface area contributed by atoms with Gasteiger partial charge in [0.25, 0.3) is 0 Å². The van der Waals surface area contributed by atoms with E-state index < -0.39 is 5.97 Å². The van der Waals surface area contributed by atoms with Crippen molar-refractivity contribution in [2.45, 2.75) is 11.5 Å². The summed E-state index contributed by atoms with van der Waals surface area (Å²) in [6.45, 7) is 0.596. The third-order valence-electron chi connectivity index (χ3n) is 2.83. The van der Waals surface area contributed by atoms with E-state index in [1.165, 1.54) is 12.1 Å². The highest BCUT2D eigenvalue weighted by Crippen LogP contribution is 2.19. The molecule has 0 aliphatic heterocycles. The Morgan fingerprint density at radius 2 is 1.71 bits per heavy atom. The summed E-state index contributed by atoms with van der Waals surface area (Å²) in [4.78, 5) is 11.8. The lowest BCUT2D eigenvalue weighted by Crippen LogP contribution is -2.01. The highest BCUT2D eigenvalue weighted by molar-refractivity contribution is 7.99. The maximum atomic E-state index is 10.7. The van der Waals surface area contributed by atoms with Gasteiger partial charge >= 0.3 is 5.97 Å². The average molecular weight is 304 g/mol. The van der Waals surface area contributed by atoms with E-state index in [9.17, 15) is 4.79 Å². The molecule has 2 aromatic rings. The molecule has 4 nitrogen and oxygen atoms in total. The summed E-state index contributed by atoms with van der Waals surface area (Å²) in [5.74, 6) is 0.513. The fourth-order valence-corrected chi connectivity index (χ4v) is 2.43. The van der Waals surface area contributed by atoms with E-state index in [4.69, 9.17) is 14.9 Å². The van der Waals surface area contributed by atoms with Crippen LogP contribution in [0.1, 0.15) is 15.9 Å². The molecule has 0 unspecified atom stereocenters. The molecule has 0 fully saturated rings. The minimum atomic E-state index is -0.941. The molecule has 0 amide bonds. The van der Waals surface area contributed by atoms with Gasteiger partial charge in [0.1, 0.15) is 5.75 Å². The second kappa shape index (κ2) is 7.71. The number of hydrogen-bond donors (Lipinski definition) is 2. The number of ether oxygens (including phenoxy) is 1. The molecule has 2 N–H and O–H groups in total. The van der Waals surface area contributed by atoms with E-state index in [0.29, 0.717) is 12.4 Å². The van der Waals surface area contributed by atoms with Gasteiger partial charge in [-0.2, -0.15) is 0 Å². The van der Waals surface area contributed by atoms with Crippen molar-refractivity contribution >= 4 is 17.7 Å². The van der Waals surface area contributed by atoms with Gasteiger partial charge in [0, 0.05) is 10.6 Å². The van der Waals surface area contributed by atoms with Gasteiger partial charge in [-0.15, -0.1) is 11.8 Å². The molecule has 0 saturated heterocycles. The zero-order valence-corrected chi connectivity index (χ0v) is 12.2. The van der Waals surface area contributed by atoms with Crippen molar-refractivity contribution in [1.29, 1.82) is 0 Å². The summed E-state index contributed by atoms with van der Waals surface area (Å²) < 4.78 is 5.55. The Morgan fingerprint density at radius 1 is 1.05 bits per heavy atom. The molecule has 0 aromatic heterocycles. The van der Waals surface area contributed by atoms with Crippen LogP contribution in [0.3, 0.4) is 0 Å². The van der Waals surface area contributed by atoms with Crippen LogP contribution in [-0.2, 0) is 6.61 Å². The lowest BCUT2D eigenvalue weighted by Gasteiger charge is -2.06. The standard InChI is InChI=1S/C16H16O4S/c17-11-12-1-7-15(8-2-12)21-10-9-20-14-5-3-13(4-6-14)16(18)19/h1-8,17H,9-11H2,(H,18,19). The Bertz CT molecular complexity index is 578. The van der Waals surface area contributed by atoms with Crippen molar-refractivity contribution in [3.63, 3.8) is 0 Å². The maximum absolute atomic E-state index is 10.7. The number of carbonyl (C=O) groups is 1. The molecule has 5 heteroatoms. The highest BCUT2D eigenvalue weighted by Gasteiger charge is 2.02. The van der Waals surface area contributed by atoms with Gasteiger partial charge < -0.3 is 14.9 Å². The highest BCUT2D eigenvalue weighted by atomic mass is 32.2. The number of aliphatic hydroxyl groups is 1. The summed E-state index contributed by atoms with van der Waals surface area (Å²) in [7, 11) is 0. The summed E-state index contributed by atoms with van der Waals surface area (Å²) in [6, 6.07) is 14.1.